The molecule has 0 radical (unpaired) electrons. The Morgan fingerprint density at radius 2 is 2.04 bits per heavy atom. The minimum absolute atomic E-state index is 0.0166. The van der Waals surface area contributed by atoms with Gasteiger partial charge in [-0.05, 0) is 19.1 Å². The van der Waals surface area contributed by atoms with Crippen LogP contribution in [0.5, 0.6) is 0 Å². The fraction of sp³-hybridized carbons (Fsp3) is 0.312. The van der Waals surface area contributed by atoms with E-state index in [0.717, 1.165) is 6.07 Å². The lowest BCUT2D eigenvalue weighted by molar-refractivity contribution is 0.0513. The number of esters is 1. The molecule has 0 unspecified atom stereocenters. The van der Waals surface area contributed by atoms with Crippen LogP contribution in [-0.2, 0) is 17.7 Å². The summed E-state index contributed by atoms with van der Waals surface area (Å²) in [7, 11) is 0. The number of ether oxygens (including phenoxy) is 1. The summed E-state index contributed by atoms with van der Waals surface area (Å²) in [6.45, 7) is 2.02. The van der Waals surface area contributed by atoms with Crippen LogP contribution in [0.25, 0.3) is 0 Å². The highest BCUT2D eigenvalue weighted by atomic mass is 19.2. The summed E-state index contributed by atoms with van der Waals surface area (Å²) < 4.78 is 45.2. The molecule has 1 aliphatic rings. The molecule has 1 amide bonds. The van der Waals surface area contributed by atoms with E-state index in [4.69, 9.17) is 4.74 Å². The molecule has 0 spiro atoms. The molecule has 3 rings (SSSR count). The highest BCUT2D eigenvalue weighted by Gasteiger charge is 2.30. The summed E-state index contributed by atoms with van der Waals surface area (Å²) in [6.07, 6.45) is 0.360. The molecule has 0 saturated heterocycles. The van der Waals surface area contributed by atoms with Gasteiger partial charge in [-0.25, -0.2) is 18.0 Å². The Balaban J connectivity index is 1.88. The van der Waals surface area contributed by atoms with Crippen molar-refractivity contribution in [2.24, 2.45) is 0 Å². The maximum absolute atomic E-state index is 13.9. The normalized spacial score (nSPS) is 13.5. The van der Waals surface area contributed by atoms with Crippen molar-refractivity contribution < 1.29 is 27.5 Å². The number of fused-ring (bicyclic) bond motifs is 1. The average Bonchev–Trinajstić information content (AvgIpc) is 3.02. The molecule has 9 heteroatoms. The van der Waals surface area contributed by atoms with E-state index in [9.17, 15) is 22.8 Å². The zero-order valence-electron chi connectivity index (χ0n) is 13.2. The van der Waals surface area contributed by atoms with E-state index >= 15 is 0 Å². The molecule has 0 atom stereocenters. The van der Waals surface area contributed by atoms with Gasteiger partial charge in [0.1, 0.15) is 0 Å². The summed E-state index contributed by atoms with van der Waals surface area (Å²) in [6, 6.07) is 1.59. The van der Waals surface area contributed by atoms with Crippen molar-refractivity contribution in [2.45, 2.75) is 19.9 Å². The van der Waals surface area contributed by atoms with Gasteiger partial charge in [-0.3, -0.25) is 9.89 Å². The van der Waals surface area contributed by atoms with E-state index in [1.54, 1.807) is 6.92 Å². The summed E-state index contributed by atoms with van der Waals surface area (Å²) in [5, 5.41) is 6.63. The average molecular weight is 353 g/mol. The Hall–Kier alpha value is -2.84. The van der Waals surface area contributed by atoms with Crippen molar-refractivity contribution in [1.29, 1.82) is 0 Å². The number of aromatic nitrogens is 2. The van der Waals surface area contributed by atoms with Crippen molar-refractivity contribution in [1.82, 2.24) is 15.1 Å². The van der Waals surface area contributed by atoms with Gasteiger partial charge in [0.2, 0.25) is 0 Å². The lowest BCUT2D eigenvalue weighted by atomic mass is 10.0. The lowest BCUT2D eigenvalue weighted by Gasteiger charge is -2.27. The van der Waals surface area contributed by atoms with Crippen LogP contribution in [0.1, 0.15) is 39.0 Å². The van der Waals surface area contributed by atoms with Crippen molar-refractivity contribution in [3.8, 4) is 0 Å². The maximum atomic E-state index is 13.9. The van der Waals surface area contributed by atoms with E-state index in [1.165, 1.54) is 4.90 Å². The van der Waals surface area contributed by atoms with Crippen LogP contribution in [0.4, 0.5) is 13.2 Å². The molecule has 2 heterocycles. The third-order valence-corrected chi connectivity index (χ3v) is 3.96. The van der Waals surface area contributed by atoms with Gasteiger partial charge in [0, 0.05) is 24.2 Å². The van der Waals surface area contributed by atoms with Gasteiger partial charge in [-0.1, -0.05) is 0 Å². The highest BCUT2D eigenvalue weighted by Crippen LogP contribution is 2.24. The number of H-pyrrole nitrogens is 1. The molecule has 1 aliphatic heterocycles. The minimum Gasteiger partial charge on any atom is -0.461 e. The third kappa shape index (κ3) is 2.97. The Morgan fingerprint density at radius 1 is 1.28 bits per heavy atom. The molecule has 25 heavy (non-hydrogen) atoms. The molecule has 6 nitrogen and oxygen atoms in total. The second kappa shape index (κ2) is 6.58. The van der Waals surface area contributed by atoms with Gasteiger partial charge < -0.3 is 9.64 Å². The first-order chi connectivity index (χ1) is 11.9. The van der Waals surface area contributed by atoms with Gasteiger partial charge in [-0.2, -0.15) is 5.10 Å². The predicted molar refractivity (Wildman–Crippen MR) is 79.3 cm³/mol. The van der Waals surface area contributed by atoms with Crippen molar-refractivity contribution >= 4 is 11.9 Å². The van der Waals surface area contributed by atoms with Crippen LogP contribution in [0.3, 0.4) is 0 Å². The number of halogens is 3. The van der Waals surface area contributed by atoms with Crippen LogP contribution in [0.15, 0.2) is 12.1 Å². The van der Waals surface area contributed by atoms with Gasteiger partial charge in [0.05, 0.1) is 18.7 Å². The second-order valence-electron chi connectivity index (χ2n) is 5.45. The Kier molecular flexibility index (Phi) is 4.47. The fourth-order valence-corrected chi connectivity index (χ4v) is 2.70. The number of hydrogen-bond acceptors (Lipinski definition) is 4. The summed E-state index contributed by atoms with van der Waals surface area (Å²) in [5.41, 5.74) is 0.641. The second-order valence-corrected chi connectivity index (χ2v) is 5.45. The first-order valence-corrected chi connectivity index (χ1v) is 7.60. The molecular formula is C16H14F3N3O3. The van der Waals surface area contributed by atoms with E-state index in [0.29, 0.717) is 23.7 Å². The van der Waals surface area contributed by atoms with Crippen LogP contribution < -0.4 is 0 Å². The lowest BCUT2D eigenvalue weighted by Crippen LogP contribution is -2.37. The number of benzene rings is 1. The van der Waals surface area contributed by atoms with Crippen molar-refractivity contribution in [3.05, 3.63) is 52.1 Å². The van der Waals surface area contributed by atoms with E-state index < -0.39 is 34.9 Å². The maximum Gasteiger partial charge on any atom is 0.359 e. The van der Waals surface area contributed by atoms with Gasteiger partial charge in [0.25, 0.3) is 5.91 Å². The highest BCUT2D eigenvalue weighted by molar-refractivity contribution is 5.95. The number of aromatic amines is 1. The molecule has 2 aromatic rings. The van der Waals surface area contributed by atoms with Crippen LogP contribution in [0, 0.1) is 17.5 Å². The number of carbonyl (C=O) groups excluding carboxylic acids is 2. The van der Waals surface area contributed by atoms with E-state index in [1.807, 2.05) is 0 Å². The molecular weight excluding hydrogens is 339 g/mol. The largest absolute Gasteiger partial charge is 0.461 e. The van der Waals surface area contributed by atoms with Crippen molar-refractivity contribution in [2.75, 3.05) is 13.2 Å². The monoisotopic (exact) mass is 353 g/mol. The molecule has 1 aromatic carbocycles. The number of hydrogen-bond donors (Lipinski definition) is 1. The van der Waals surface area contributed by atoms with Crippen LogP contribution >= 0.6 is 0 Å². The first kappa shape index (κ1) is 17.0. The molecule has 0 aliphatic carbocycles. The first-order valence-electron chi connectivity index (χ1n) is 7.60. The topological polar surface area (TPSA) is 75.3 Å². The number of amides is 1. The minimum atomic E-state index is -1.70. The molecule has 132 valence electrons. The molecule has 1 N–H and O–H groups in total. The Bertz CT molecular complexity index is 851. The van der Waals surface area contributed by atoms with E-state index in [-0.39, 0.29) is 25.4 Å². The van der Waals surface area contributed by atoms with Gasteiger partial charge in [0.15, 0.2) is 23.1 Å². The van der Waals surface area contributed by atoms with Crippen molar-refractivity contribution in [3.63, 3.8) is 0 Å². The summed E-state index contributed by atoms with van der Waals surface area (Å²) in [4.78, 5) is 25.6. The number of carbonyl (C=O) groups is 2. The summed E-state index contributed by atoms with van der Waals surface area (Å²) in [5.74, 6) is -6.02. The van der Waals surface area contributed by atoms with Gasteiger partial charge >= 0.3 is 5.97 Å². The number of nitrogens with zero attached hydrogens (tertiary/aromatic N) is 2. The van der Waals surface area contributed by atoms with E-state index in [2.05, 4.69) is 10.2 Å². The molecule has 0 bridgehead atoms. The zero-order valence-corrected chi connectivity index (χ0v) is 13.2. The zero-order chi connectivity index (χ0) is 18.1. The SMILES string of the molecule is CCOC(=O)c1n[nH]c2c1CN(C(=O)c1ccc(F)c(F)c1F)CC2. The number of rotatable bonds is 3. The summed E-state index contributed by atoms with van der Waals surface area (Å²) >= 11 is 0. The predicted octanol–water partition coefficient (Wildman–Crippen LogP) is 2.20. The molecule has 0 fully saturated rings. The van der Waals surface area contributed by atoms with Gasteiger partial charge in [-0.15, -0.1) is 0 Å². The fourth-order valence-electron chi connectivity index (χ4n) is 2.70. The standard InChI is InChI=1S/C16H14F3N3O3/c1-2-25-16(24)14-9-7-22(6-5-11(9)20-21-14)15(23)8-3-4-10(17)13(19)12(8)18/h3-4H,2,5-7H2,1H3,(H,20,21). The number of nitrogens with one attached hydrogen (secondary N) is 1. The smallest absolute Gasteiger partial charge is 0.359 e. The molecule has 1 aromatic heterocycles. The third-order valence-electron chi connectivity index (χ3n) is 3.96. The quantitative estimate of drug-likeness (QED) is 0.678. The molecule has 0 saturated carbocycles. The Labute approximate surface area is 140 Å². The van der Waals surface area contributed by atoms with Crippen LogP contribution in [0.2, 0.25) is 0 Å². The Morgan fingerprint density at radius 3 is 2.76 bits per heavy atom. The van der Waals surface area contributed by atoms with Crippen LogP contribution in [-0.4, -0.2) is 40.1 Å².